The molecule has 0 N–H and O–H groups in total. The average Bonchev–Trinajstić information content (AvgIpc) is 2.22. The maximum atomic E-state index is 4.78. The zero-order valence-corrected chi connectivity index (χ0v) is 9.16. The Bertz CT molecular complexity index is 244. The first-order valence-corrected chi connectivity index (χ1v) is 5.83. The molecule has 2 rings (SSSR count). The number of thioether (sulfide) groups is 1. The Balaban J connectivity index is 2.19. The predicted molar refractivity (Wildman–Crippen MR) is 55.9 cm³/mol. The summed E-state index contributed by atoms with van der Waals surface area (Å²) in [7, 11) is 0. The van der Waals surface area contributed by atoms with E-state index >= 15 is 0 Å². The fraction of sp³-hybridized carbons (Fsp3) is 0.900. The van der Waals surface area contributed by atoms with Gasteiger partial charge in [0.05, 0.1) is 10.6 Å². The Morgan fingerprint density at radius 1 is 1.42 bits per heavy atom. The summed E-state index contributed by atoms with van der Waals surface area (Å²) in [4.78, 5) is 4.78. The first-order valence-electron chi connectivity index (χ1n) is 4.61. The summed E-state index contributed by atoms with van der Waals surface area (Å²) in [5.41, 5.74) is 0.845. The minimum absolute atomic E-state index is 0.307. The molecule has 0 aromatic carbocycles. The molecule has 0 unspecified atom stereocenters. The van der Waals surface area contributed by atoms with Crippen molar-refractivity contribution in [3.63, 3.8) is 0 Å². The van der Waals surface area contributed by atoms with Gasteiger partial charge in [-0.15, -0.1) is 11.8 Å². The van der Waals surface area contributed by atoms with Crippen LogP contribution in [0.4, 0.5) is 0 Å². The smallest absolute Gasteiger partial charge is 0.0684 e. The lowest BCUT2D eigenvalue weighted by atomic mass is 9.52. The van der Waals surface area contributed by atoms with E-state index in [2.05, 4.69) is 27.0 Å². The summed E-state index contributed by atoms with van der Waals surface area (Å²) in [6.45, 7) is 7.06. The molecule has 1 aliphatic carbocycles. The topological polar surface area (TPSA) is 12.4 Å². The van der Waals surface area contributed by atoms with Gasteiger partial charge < -0.3 is 0 Å². The molecule has 1 saturated carbocycles. The average molecular weight is 183 g/mol. The van der Waals surface area contributed by atoms with Gasteiger partial charge in [0.25, 0.3) is 0 Å². The van der Waals surface area contributed by atoms with Crippen LogP contribution in [-0.2, 0) is 0 Å². The minimum atomic E-state index is 0.307. The zero-order chi connectivity index (χ0) is 8.98. The summed E-state index contributed by atoms with van der Waals surface area (Å²) >= 11 is 1.83. The molecule has 1 heterocycles. The van der Waals surface area contributed by atoms with Gasteiger partial charge in [0, 0.05) is 6.42 Å². The highest BCUT2D eigenvalue weighted by molar-refractivity contribution is 8.13. The third-order valence-corrected chi connectivity index (χ3v) is 4.23. The van der Waals surface area contributed by atoms with Crippen molar-refractivity contribution < 1.29 is 0 Å². The normalized spacial score (nSPS) is 43.3. The number of fused-ring (bicyclic) bond motifs is 1. The van der Waals surface area contributed by atoms with Crippen LogP contribution in [0.25, 0.3) is 0 Å². The molecule has 0 aromatic rings. The quantitative estimate of drug-likeness (QED) is 0.562. The van der Waals surface area contributed by atoms with Gasteiger partial charge >= 0.3 is 0 Å². The van der Waals surface area contributed by atoms with Crippen LogP contribution in [0.15, 0.2) is 4.99 Å². The first-order chi connectivity index (χ1) is 5.48. The number of hydrogen-bond donors (Lipinski definition) is 0. The maximum absolute atomic E-state index is 4.78. The molecule has 0 radical (unpaired) electrons. The third-order valence-electron chi connectivity index (χ3n) is 3.50. The second-order valence-corrected chi connectivity index (χ2v) is 5.87. The van der Waals surface area contributed by atoms with Gasteiger partial charge in [-0.25, -0.2) is 0 Å². The van der Waals surface area contributed by atoms with Crippen molar-refractivity contribution in [3.05, 3.63) is 0 Å². The predicted octanol–water partition coefficient (Wildman–Crippen LogP) is 2.96. The molecule has 12 heavy (non-hydrogen) atoms. The summed E-state index contributed by atoms with van der Waals surface area (Å²) in [5, 5.41) is 1.37. The molecule has 0 bridgehead atoms. The molecular weight excluding hydrogens is 166 g/mol. The van der Waals surface area contributed by atoms with Crippen molar-refractivity contribution in [2.45, 2.75) is 39.2 Å². The van der Waals surface area contributed by atoms with Crippen LogP contribution in [0, 0.1) is 11.3 Å². The van der Waals surface area contributed by atoms with E-state index in [0.717, 1.165) is 5.92 Å². The molecule has 2 aliphatic rings. The van der Waals surface area contributed by atoms with Crippen LogP contribution in [-0.4, -0.2) is 16.8 Å². The Kier molecular flexibility index (Phi) is 1.64. The number of aliphatic imine (C=N–C) groups is 1. The number of nitrogens with zero attached hydrogens (tertiary/aromatic N) is 1. The Labute approximate surface area is 79.0 Å². The second kappa shape index (κ2) is 2.28. The van der Waals surface area contributed by atoms with Crippen molar-refractivity contribution in [2.75, 3.05) is 6.26 Å². The van der Waals surface area contributed by atoms with Crippen molar-refractivity contribution in [1.82, 2.24) is 0 Å². The van der Waals surface area contributed by atoms with E-state index in [0.29, 0.717) is 11.0 Å². The lowest BCUT2D eigenvalue weighted by Gasteiger charge is -2.54. The zero-order valence-electron chi connectivity index (χ0n) is 8.35. The molecule has 1 fully saturated rings. The Morgan fingerprint density at radius 3 is 2.50 bits per heavy atom. The molecule has 0 spiro atoms. The van der Waals surface area contributed by atoms with E-state index in [1.807, 2.05) is 11.8 Å². The van der Waals surface area contributed by atoms with E-state index in [9.17, 15) is 0 Å². The summed E-state index contributed by atoms with van der Waals surface area (Å²) in [6, 6.07) is 0. The van der Waals surface area contributed by atoms with Gasteiger partial charge in [0.2, 0.25) is 0 Å². The fourth-order valence-electron chi connectivity index (χ4n) is 3.13. The lowest BCUT2D eigenvalue weighted by molar-refractivity contribution is -0.00690. The van der Waals surface area contributed by atoms with Crippen LogP contribution in [0.5, 0.6) is 0 Å². The van der Waals surface area contributed by atoms with Gasteiger partial charge in [-0.3, -0.25) is 4.99 Å². The number of rotatable bonds is 0. The monoisotopic (exact) mass is 183 g/mol. The van der Waals surface area contributed by atoms with Crippen LogP contribution >= 0.6 is 11.8 Å². The van der Waals surface area contributed by atoms with Gasteiger partial charge in [-0.05, 0) is 30.9 Å². The summed E-state index contributed by atoms with van der Waals surface area (Å²) < 4.78 is 0. The number of hydrogen-bond acceptors (Lipinski definition) is 2. The van der Waals surface area contributed by atoms with Crippen molar-refractivity contribution >= 4 is 16.8 Å². The third kappa shape index (κ3) is 0.968. The molecular formula is C10H17NS. The largest absolute Gasteiger partial charge is 0.276 e. The summed E-state index contributed by atoms with van der Waals surface area (Å²) in [5.74, 6) is 0.812. The second-order valence-electron chi connectivity index (χ2n) is 4.99. The van der Waals surface area contributed by atoms with Crippen molar-refractivity contribution in [2.24, 2.45) is 16.3 Å². The molecule has 0 aromatic heterocycles. The Hall–Kier alpha value is 0.0200. The van der Waals surface area contributed by atoms with Crippen LogP contribution in [0.3, 0.4) is 0 Å². The Morgan fingerprint density at radius 2 is 2.08 bits per heavy atom. The van der Waals surface area contributed by atoms with E-state index in [4.69, 9.17) is 4.99 Å². The van der Waals surface area contributed by atoms with Crippen molar-refractivity contribution in [1.29, 1.82) is 0 Å². The molecule has 2 atom stereocenters. The highest BCUT2D eigenvalue weighted by atomic mass is 32.2. The van der Waals surface area contributed by atoms with Gasteiger partial charge in [0.15, 0.2) is 0 Å². The van der Waals surface area contributed by atoms with E-state index < -0.39 is 0 Å². The maximum Gasteiger partial charge on any atom is 0.0684 e. The highest BCUT2D eigenvalue weighted by Crippen LogP contribution is 2.60. The first kappa shape index (κ1) is 8.61. The molecule has 68 valence electrons. The molecule has 0 amide bonds. The lowest BCUT2D eigenvalue weighted by Crippen LogP contribution is -2.53. The van der Waals surface area contributed by atoms with Gasteiger partial charge in [-0.2, -0.15) is 0 Å². The minimum Gasteiger partial charge on any atom is -0.276 e. The van der Waals surface area contributed by atoms with Gasteiger partial charge in [-0.1, -0.05) is 13.8 Å². The van der Waals surface area contributed by atoms with Crippen molar-refractivity contribution in [3.8, 4) is 0 Å². The van der Waals surface area contributed by atoms with E-state index in [-0.39, 0.29) is 0 Å². The van der Waals surface area contributed by atoms with Crippen LogP contribution in [0.2, 0.25) is 0 Å². The van der Waals surface area contributed by atoms with E-state index in [1.165, 1.54) is 17.9 Å². The van der Waals surface area contributed by atoms with Crippen LogP contribution < -0.4 is 0 Å². The highest BCUT2D eigenvalue weighted by Gasteiger charge is 2.58. The standard InChI is InChI=1S/C10H17NS/c1-9(2)6-10(3)7(9)5-8(11-10)12-4/h7H,5-6H2,1-4H3/t7-,10+/m1/s1. The summed E-state index contributed by atoms with van der Waals surface area (Å²) in [6.07, 6.45) is 4.64. The molecule has 0 saturated heterocycles. The fourth-order valence-corrected chi connectivity index (χ4v) is 3.76. The SMILES string of the molecule is CSC1=N[C@@]2(C)CC(C)(C)[C@H]2C1. The van der Waals surface area contributed by atoms with E-state index in [1.54, 1.807) is 0 Å². The van der Waals surface area contributed by atoms with Gasteiger partial charge in [0.1, 0.15) is 0 Å². The molecule has 1 aliphatic heterocycles. The molecule has 1 nitrogen and oxygen atoms in total. The molecule has 2 heteroatoms. The van der Waals surface area contributed by atoms with Crippen LogP contribution in [0.1, 0.15) is 33.6 Å².